The number of amides is 1. The van der Waals surface area contributed by atoms with Crippen molar-refractivity contribution in [2.45, 2.75) is 25.8 Å². The number of H-pyrrole nitrogens is 2. The highest BCUT2D eigenvalue weighted by molar-refractivity contribution is 6.33. The largest absolute Gasteiger partial charge is 0.361 e. The second-order valence-electron chi connectivity index (χ2n) is 9.15. The Hall–Kier alpha value is -3.32. The number of fused-ring (bicyclic) bond motifs is 1. The second kappa shape index (κ2) is 7.92. The molecule has 168 valence electrons. The first-order valence-electron chi connectivity index (χ1n) is 11.4. The number of hydrogen-bond acceptors (Lipinski definition) is 3. The number of aromatic amines is 2. The van der Waals surface area contributed by atoms with Crippen LogP contribution in [-0.2, 0) is 11.3 Å². The zero-order chi connectivity index (χ0) is 22.5. The van der Waals surface area contributed by atoms with Gasteiger partial charge in [-0.3, -0.25) is 9.36 Å². The molecule has 1 aliphatic heterocycles. The van der Waals surface area contributed by atoms with Crippen LogP contribution in [0.25, 0.3) is 33.4 Å². The first-order chi connectivity index (χ1) is 16.1. The molecule has 0 bridgehead atoms. The highest BCUT2D eigenvalue weighted by Crippen LogP contribution is 2.34. The van der Waals surface area contributed by atoms with Gasteiger partial charge in [-0.15, -0.1) is 0 Å². The van der Waals surface area contributed by atoms with E-state index >= 15 is 0 Å². The Morgan fingerprint density at radius 1 is 1.09 bits per heavy atom. The summed E-state index contributed by atoms with van der Waals surface area (Å²) in [5.41, 5.74) is 3.58. The van der Waals surface area contributed by atoms with Crippen molar-refractivity contribution in [3.05, 3.63) is 64.2 Å². The molecule has 1 atom stereocenters. The minimum Gasteiger partial charge on any atom is -0.361 e. The van der Waals surface area contributed by atoms with Gasteiger partial charge in [0.15, 0.2) is 5.82 Å². The Morgan fingerprint density at radius 2 is 1.91 bits per heavy atom. The third-order valence-electron chi connectivity index (χ3n) is 6.82. The number of halogens is 1. The second-order valence-corrected chi connectivity index (χ2v) is 9.56. The molecule has 0 unspecified atom stereocenters. The molecule has 1 amide bonds. The predicted octanol–water partition coefficient (Wildman–Crippen LogP) is 4.30. The lowest BCUT2D eigenvalue weighted by atomic mass is 10.0. The van der Waals surface area contributed by atoms with Gasteiger partial charge in [-0.25, -0.2) is 9.89 Å². The van der Waals surface area contributed by atoms with Crippen LogP contribution in [0.2, 0.25) is 5.02 Å². The van der Waals surface area contributed by atoms with Crippen molar-refractivity contribution in [3.63, 3.8) is 0 Å². The van der Waals surface area contributed by atoms with Crippen molar-refractivity contribution in [2.24, 2.45) is 11.8 Å². The Labute approximate surface area is 195 Å². The monoisotopic (exact) mass is 461 g/mol. The lowest BCUT2D eigenvalue weighted by Crippen LogP contribution is -2.31. The van der Waals surface area contributed by atoms with Crippen molar-refractivity contribution < 1.29 is 4.79 Å². The number of rotatable bonds is 5. The Bertz CT molecular complexity index is 1410. The molecule has 0 spiro atoms. The summed E-state index contributed by atoms with van der Waals surface area (Å²) >= 11 is 6.69. The lowest BCUT2D eigenvalue weighted by molar-refractivity contribution is -0.131. The van der Waals surface area contributed by atoms with E-state index in [1.54, 1.807) is 4.57 Å². The van der Waals surface area contributed by atoms with E-state index in [0.717, 1.165) is 47.8 Å². The van der Waals surface area contributed by atoms with Crippen LogP contribution in [0.15, 0.2) is 53.5 Å². The summed E-state index contributed by atoms with van der Waals surface area (Å²) in [6.45, 7) is 1.98. The van der Waals surface area contributed by atoms with Crippen molar-refractivity contribution >= 4 is 28.4 Å². The Morgan fingerprint density at radius 3 is 2.73 bits per heavy atom. The van der Waals surface area contributed by atoms with Crippen molar-refractivity contribution in [3.8, 4) is 22.5 Å². The Balaban J connectivity index is 1.25. The van der Waals surface area contributed by atoms with E-state index < -0.39 is 0 Å². The molecule has 0 radical (unpaired) electrons. The minimum absolute atomic E-state index is 0.228. The summed E-state index contributed by atoms with van der Waals surface area (Å²) in [7, 11) is 0. The van der Waals surface area contributed by atoms with E-state index in [4.69, 9.17) is 11.6 Å². The number of nitrogens with one attached hydrogen (secondary N) is 2. The van der Waals surface area contributed by atoms with Crippen molar-refractivity contribution in [1.29, 1.82) is 0 Å². The average Bonchev–Trinajstić information content (AvgIpc) is 3.21. The van der Waals surface area contributed by atoms with E-state index in [2.05, 4.69) is 33.4 Å². The van der Waals surface area contributed by atoms with Gasteiger partial charge in [-0.2, -0.15) is 5.10 Å². The first-order valence-corrected chi connectivity index (χ1v) is 11.8. The molecule has 1 saturated heterocycles. The van der Waals surface area contributed by atoms with Crippen LogP contribution in [0.1, 0.15) is 19.3 Å². The van der Waals surface area contributed by atoms with E-state index in [9.17, 15) is 9.59 Å². The van der Waals surface area contributed by atoms with E-state index in [1.165, 1.54) is 0 Å². The molecule has 33 heavy (non-hydrogen) atoms. The number of nitrogens with zero attached hydrogens (tertiary/aromatic N) is 3. The molecule has 1 aliphatic carbocycles. The summed E-state index contributed by atoms with van der Waals surface area (Å²) in [4.78, 5) is 30.1. The van der Waals surface area contributed by atoms with Crippen LogP contribution < -0.4 is 5.69 Å². The maximum atomic E-state index is 12.6. The molecule has 6 rings (SSSR count). The van der Waals surface area contributed by atoms with Crippen LogP contribution in [0, 0.1) is 11.8 Å². The van der Waals surface area contributed by atoms with Crippen LogP contribution in [-0.4, -0.2) is 43.6 Å². The molecule has 1 saturated carbocycles. The molecular formula is C25H24ClN5O2. The maximum absolute atomic E-state index is 12.6. The van der Waals surface area contributed by atoms with Crippen molar-refractivity contribution in [1.82, 2.24) is 24.6 Å². The molecule has 4 aromatic rings. The summed E-state index contributed by atoms with van der Waals surface area (Å²) in [5.74, 6) is 1.26. The quantitative estimate of drug-likeness (QED) is 0.464. The summed E-state index contributed by atoms with van der Waals surface area (Å²) in [6.07, 6.45) is 4.84. The zero-order valence-electron chi connectivity index (χ0n) is 18.1. The maximum Gasteiger partial charge on any atom is 0.343 e. The molecule has 2 aromatic heterocycles. The van der Waals surface area contributed by atoms with Gasteiger partial charge in [0.25, 0.3) is 0 Å². The van der Waals surface area contributed by atoms with Gasteiger partial charge >= 0.3 is 5.69 Å². The molecule has 2 fully saturated rings. The number of aromatic nitrogens is 4. The fourth-order valence-electron chi connectivity index (χ4n) is 4.82. The predicted molar refractivity (Wildman–Crippen MR) is 128 cm³/mol. The summed E-state index contributed by atoms with van der Waals surface area (Å²) in [6, 6.07) is 14.1. The molecule has 2 N–H and O–H groups in total. The third-order valence-corrected chi connectivity index (χ3v) is 7.13. The Kier molecular flexibility index (Phi) is 4.87. The molecule has 2 aromatic carbocycles. The van der Waals surface area contributed by atoms with Gasteiger partial charge in [-0.05, 0) is 66.0 Å². The molecule has 2 aliphatic rings. The number of carbonyl (C=O) groups excluding carboxylic acids is 1. The number of benzene rings is 2. The van der Waals surface area contributed by atoms with Crippen LogP contribution >= 0.6 is 11.6 Å². The van der Waals surface area contributed by atoms with Gasteiger partial charge in [0.05, 0.1) is 5.02 Å². The highest BCUT2D eigenvalue weighted by Gasteiger charge is 2.36. The van der Waals surface area contributed by atoms with Crippen LogP contribution in [0.3, 0.4) is 0 Å². The van der Waals surface area contributed by atoms with Gasteiger partial charge in [-0.1, -0.05) is 29.8 Å². The van der Waals surface area contributed by atoms with Crippen molar-refractivity contribution in [2.75, 3.05) is 13.1 Å². The fourth-order valence-corrected chi connectivity index (χ4v) is 5.09. The number of likely N-dealkylation sites (tertiary alicyclic amines) is 1. The lowest BCUT2D eigenvalue weighted by Gasteiger charge is -2.17. The molecule has 7 nitrogen and oxygen atoms in total. The first kappa shape index (κ1) is 20.3. The standard InChI is InChI=1S/C25H24ClN5O2/c26-21-11-18(19-4-1-16-7-9-27-22(16)12-19)5-6-20(21)23-28-29-25(33)31(23)14-15-8-10-30(13-15)24(32)17-2-3-17/h1,4-7,9,11-12,15,17,27H,2-3,8,10,13-14H2,(H,29,33)/t15-/m1/s1. The highest BCUT2D eigenvalue weighted by atomic mass is 35.5. The zero-order valence-corrected chi connectivity index (χ0v) is 18.8. The minimum atomic E-state index is -0.255. The van der Waals surface area contributed by atoms with E-state index in [0.29, 0.717) is 29.5 Å². The van der Waals surface area contributed by atoms with E-state index in [1.807, 2.05) is 35.4 Å². The van der Waals surface area contributed by atoms with Crippen LogP contribution in [0.4, 0.5) is 0 Å². The van der Waals surface area contributed by atoms with E-state index in [-0.39, 0.29) is 23.4 Å². The SMILES string of the molecule is O=C(C1CC1)N1CC[C@@H](Cn2c(-c3ccc(-c4ccc5cc[nH]c5c4)cc3Cl)n[nH]c2=O)C1. The van der Waals surface area contributed by atoms with Crippen LogP contribution in [0.5, 0.6) is 0 Å². The number of hydrogen-bond donors (Lipinski definition) is 2. The fraction of sp³-hybridized carbons (Fsp3) is 0.320. The average molecular weight is 462 g/mol. The summed E-state index contributed by atoms with van der Waals surface area (Å²) < 4.78 is 1.65. The summed E-state index contributed by atoms with van der Waals surface area (Å²) in [5, 5.41) is 8.55. The molecular weight excluding hydrogens is 438 g/mol. The normalized spacial score (nSPS) is 18.3. The topological polar surface area (TPSA) is 86.8 Å². The molecule has 3 heterocycles. The van der Waals surface area contributed by atoms with Gasteiger partial charge < -0.3 is 9.88 Å². The van der Waals surface area contributed by atoms with Gasteiger partial charge in [0.2, 0.25) is 5.91 Å². The third kappa shape index (κ3) is 3.76. The number of carbonyl (C=O) groups is 1. The van der Waals surface area contributed by atoms with Gasteiger partial charge in [0.1, 0.15) is 0 Å². The smallest absolute Gasteiger partial charge is 0.343 e. The van der Waals surface area contributed by atoms with Gasteiger partial charge in [0, 0.05) is 42.8 Å². The molecule has 8 heteroatoms.